The first-order valence-corrected chi connectivity index (χ1v) is 6.23. The van der Waals surface area contributed by atoms with Gasteiger partial charge in [0.1, 0.15) is 0 Å². The molecule has 1 aromatic heterocycles. The summed E-state index contributed by atoms with van der Waals surface area (Å²) >= 11 is 5.91. The number of nitrogens with zero attached hydrogens (tertiary/aromatic N) is 3. The molecule has 0 saturated carbocycles. The Morgan fingerprint density at radius 2 is 2.20 bits per heavy atom. The highest BCUT2D eigenvalue weighted by Crippen LogP contribution is 2.31. The zero-order chi connectivity index (χ0) is 14.1. The molecule has 0 radical (unpaired) electrons. The lowest BCUT2D eigenvalue weighted by Crippen LogP contribution is -2.37. The third kappa shape index (κ3) is 2.21. The predicted molar refractivity (Wildman–Crippen MR) is 73.7 cm³/mol. The van der Waals surface area contributed by atoms with Gasteiger partial charge in [0.15, 0.2) is 5.82 Å². The standard InChI is InChI=1S/C13H9ClN4O2/c14-9-4-3-8-6-12(19)18(10(8)7-9)13(20)16-11-2-1-5-15-17-11/h1-5,7H,6H2,(H,16,17,20). The van der Waals surface area contributed by atoms with Crippen LogP contribution in [0.3, 0.4) is 0 Å². The highest BCUT2D eigenvalue weighted by atomic mass is 35.5. The van der Waals surface area contributed by atoms with Gasteiger partial charge in [-0.1, -0.05) is 17.7 Å². The van der Waals surface area contributed by atoms with Gasteiger partial charge in [-0.05, 0) is 29.8 Å². The van der Waals surface area contributed by atoms with Crippen LogP contribution < -0.4 is 10.2 Å². The minimum atomic E-state index is -0.573. The summed E-state index contributed by atoms with van der Waals surface area (Å²) in [4.78, 5) is 25.2. The molecule has 0 bridgehead atoms. The van der Waals surface area contributed by atoms with E-state index in [1.165, 1.54) is 6.20 Å². The minimum absolute atomic E-state index is 0.181. The number of rotatable bonds is 1. The molecule has 0 atom stereocenters. The Labute approximate surface area is 119 Å². The second kappa shape index (κ2) is 4.90. The van der Waals surface area contributed by atoms with E-state index in [1.54, 1.807) is 30.3 Å². The molecule has 2 heterocycles. The summed E-state index contributed by atoms with van der Waals surface area (Å²) < 4.78 is 0. The van der Waals surface area contributed by atoms with Gasteiger partial charge in [0.25, 0.3) is 0 Å². The van der Waals surface area contributed by atoms with Crippen molar-refractivity contribution in [3.63, 3.8) is 0 Å². The van der Waals surface area contributed by atoms with Crippen molar-refractivity contribution in [3.8, 4) is 0 Å². The van der Waals surface area contributed by atoms with Gasteiger partial charge in [-0.25, -0.2) is 9.69 Å². The van der Waals surface area contributed by atoms with E-state index >= 15 is 0 Å². The number of carbonyl (C=O) groups is 2. The molecule has 0 aliphatic carbocycles. The molecule has 2 aromatic rings. The van der Waals surface area contributed by atoms with Crippen LogP contribution in [0.2, 0.25) is 5.02 Å². The van der Waals surface area contributed by atoms with Crippen LogP contribution in [0.25, 0.3) is 0 Å². The maximum absolute atomic E-state index is 12.2. The molecule has 6 nitrogen and oxygen atoms in total. The van der Waals surface area contributed by atoms with Crippen LogP contribution in [0.5, 0.6) is 0 Å². The predicted octanol–water partition coefficient (Wildman–Crippen LogP) is 2.25. The highest BCUT2D eigenvalue weighted by Gasteiger charge is 2.32. The van der Waals surface area contributed by atoms with Crippen molar-refractivity contribution in [2.24, 2.45) is 0 Å². The van der Waals surface area contributed by atoms with Gasteiger partial charge in [0.05, 0.1) is 12.1 Å². The first-order valence-electron chi connectivity index (χ1n) is 5.85. The minimum Gasteiger partial charge on any atom is -0.290 e. The molecule has 3 amide bonds. The van der Waals surface area contributed by atoms with Crippen LogP contribution in [0, 0.1) is 0 Å². The molecule has 1 aliphatic rings. The van der Waals surface area contributed by atoms with Crippen LogP contribution >= 0.6 is 11.6 Å². The van der Waals surface area contributed by atoms with Crippen LogP contribution in [0.1, 0.15) is 5.56 Å². The second-order valence-corrected chi connectivity index (χ2v) is 4.65. The fraction of sp³-hybridized carbons (Fsp3) is 0.0769. The number of nitrogens with one attached hydrogen (secondary N) is 1. The SMILES string of the molecule is O=C1Cc2ccc(Cl)cc2N1C(=O)Nc1cccnn1. The van der Waals surface area contributed by atoms with Crippen molar-refractivity contribution in [1.29, 1.82) is 0 Å². The molecule has 20 heavy (non-hydrogen) atoms. The average Bonchev–Trinajstić information content (AvgIpc) is 2.75. The van der Waals surface area contributed by atoms with Crippen molar-refractivity contribution >= 4 is 35.0 Å². The van der Waals surface area contributed by atoms with E-state index in [9.17, 15) is 9.59 Å². The first kappa shape index (κ1) is 12.6. The second-order valence-electron chi connectivity index (χ2n) is 4.22. The summed E-state index contributed by atoms with van der Waals surface area (Å²) in [5.41, 5.74) is 1.28. The van der Waals surface area contributed by atoms with Crippen molar-refractivity contribution in [2.45, 2.75) is 6.42 Å². The van der Waals surface area contributed by atoms with E-state index in [-0.39, 0.29) is 18.1 Å². The zero-order valence-corrected chi connectivity index (χ0v) is 11.0. The Bertz CT molecular complexity index is 690. The van der Waals surface area contributed by atoms with Gasteiger partial charge in [-0.2, -0.15) is 5.10 Å². The molecule has 0 unspecified atom stereocenters. The number of amides is 3. The molecule has 0 fully saturated rings. The number of benzene rings is 1. The monoisotopic (exact) mass is 288 g/mol. The van der Waals surface area contributed by atoms with Gasteiger partial charge in [0.2, 0.25) is 5.91 Å². The zero-order valence-electron chi connectivity index (χ0n) is 10.2. The van der Waals surface area contributed by atoms with Crippen LogP contribution in [-0.4, -0.2) is 22.1 Å². The Morgan fingerprint density at radius 3 is 2.95 bits per heavy atom. The van der Waals surface area contributed by atoms with Crippen LogP contribution in [0.15, 0.2) is 36.5 Å². The van der Waals surface area contributed by atoms with Gasteiger partial charge >= 0.3 is 6.03 Å². The third-order valence-corrected chi connectivity index (χ3v) is 3.12. The van der Waals surface area contributed by atoms with Crippen molar-refractivity contribution < 1.29 is 9.59 Å². The van der Waals surface area contributed by atoms with Gasteiger partial charge < -0.3 is 0 Å². The molecule has 0 saturated heterocycles. The van der Waals surface area contributed by atoms with Crippen molar-refractivity contribution in [2.75, 3.05) is 10.2 Å². The molecule has 100 valence electrons. The molecule has 1 aliphatic heterocycles. The lowest BCUT2D eigenvalue weighted by molar-refractivity contribution is -0.116. The molecule has 0 spiro atoms. The van der Waals surface area contributed by atoms with Gasteiger partial charge in [0, 0.05) is 11.2 Å². The summed E-state index contributed by atoms with van der Waals surface area (Å²) in [5.74, 6) is -0.0237. The number of hydrogen-bond acceptors (Lipinski definition) is 4. The maximum atomic E-state index is 12.2. The number of urea groups is 1. The van der Waals surface area contributed by atoms with Crippen LogP contribution in [0.4, 0.5) is 16.3 Å². The normalized spacial score (nSPS) is 13.2. The van der Waals surface area contributed by atoms with E-state index < -0.39 is 6.03 Å². The van der Waals surface area contributed by atoms with E-state index in [4.69, 9.17) is 11.6 Å². The number of imide groups is 1. The molecule has 1 aromatic carbocycles. The Balaban J connectivity index is 1.89. The number of anilines is 2. The summed E-state index contributed by atoms with van der Waals surface area (Å²) in [6, 6.07) is 7.68. The lowest BCUT2D eigenvalue weighted by atomic mass is 10.2. The van der Waals surface area contributed by atoms with Crippen molar-refractivity contribution in [3.05, 3.63) is 47.1 Å². The molecular formula is C13H9ClN4O2. The molecule has 7 heteroatoms. The number of fused-ring (bicyclic) bond motifs is 1. The summed E-state index contributed by atoms with van der Waals surface area (Å²) in [7, 11) is 0. The van der Waals surface area contributed by atoms with E-state index in [0.717, 1.165) is 10.5 Å². The topological polar surface area (TPSA) is 75.2 Å². The fourth-order valence-electron chi connectivity index (χ4n) is 2.03. The molecule has 1 N–H and O–H groups in total. The summed E-state index contributed by atoms with van der Waals surface area (Å²) in [6.45, 7) is 0. The fourth-order valence-corrected chi connectivity index (χ4v) is 2.19. The van der Waals surface area contributed by atoms with Crippen LogP contribution in [-0.2, 0) is 11.2 Å². The Kier molecular flexibility index (Phi) is 3.08. The van der Waals surface area contributed by atoms with E-state index in [1.807, 2.05) is 0 Å². The highest BCUT2D eigenvalue weighted by molar-refractivity contribution is 6.31. The number of aromatic nitrogens is 2. The maximum Gasteiger partial charge on any atom is 0.334 e. The quantitative estimate of drug-likeness (QED) is 0.873. The smallest absolute Gasteiger partial charge is 0.290 e. The Morgan fingerprint density at radius 1 is 1.35 bits per heavy atom. The van der Waals surface area contributed by atoms with Gasteiger partial charge in [-0.3, -0.25) is 10.1 Å². The third-order valence-electron chi connectivity index (χ3n) is 2.89. The largest absolute Gasteiger partial charge is 0.334 e. The molecular weight excluding hydrogens is 280 g/mol. The first-order chi connectivity index (χ1) is 9.65. The summed E-state index contributed by atoms with van der Waals surface area (Å²) in [6.07, 6.45) is 1.67. The average molecular weight is 289 g/mol. The number of halogens is 1. The van der Waals surface area contributed by atoms with E-state index in [2.05, 4.69) is 15.5 Å². The Hall–Kier alpha value is -2.47. The van der Waals surface area contributed by atoms with E-state index in [0.29, 0.717) is 10.7 Å². The lowest BCUT2D eigenvalue weighted by Gasteiger charge is -2.15. The molecule has 3 rings (SSSR count). The summed E-state index contributed by atoms with van der Waals surface area (Å²) in [5, 5.41) is 10.4. The van der Waals surface area contributed by atoms with Crippen molar-refractivity contribution in [1.82, 2.24) is 10.2 Å². The number of carbonyl (C=O) groups excluding carboxylic acids is 2. The van der Waals surface area contributed by atoms with Gasteiger partial charge in [-0.15, -0.1) is 5.10 Å². The number of hydrogen-bond donors (Lipinski definition) is 1.